The molecule has 0 aliphatic rings. The number of rotatable bonds is 3. The Labute approximate surface area is 78.8 Å². The Morgan fingerprint density at radius 1 is 1.38 bits per heavy atom. The van der Waals surface area contributed by atoms with Gasteiger partial charge in [0.15, 0.2) is 0 Å². The SMILES string of the molecule is CN(C)CC(N)c1ccccc1O. The number of benzene rings is 1. The van der Waals surface area contributed by atoms with Crippen LogP contribution in [0.4, 0.5) is 0 Å². The van der Waals surface area contributed by atoms with Crippen LogP contribution in [0.1, 0.15) is 11.6 Å². The van der Waals surface area contributed by atoms with Crippen LogP contribution < -0.4 is 5.73 Å². The summed E-state index contributed by atoms with van der Waals surface area (Å²) in [6.45, 7) is 0.734. The van der Waals surface area contributed by atoms with Crippen LogP contribution in [0, 0.1) is 0 Å². The maximum atomic E-state index is 9.50. The zero-order valence-corrected chi connectivity index (χ0v) is 8.07. The van der Waals surface area contributed by atoms with Gasteiger partial charge in [-0.05, 0) is 20.2 Å². The monoisotopic (exact) mass is 180 g/mol. The van der Waals surface area contributed by atoms with E-state index >= 15 is 0 Å². The van der Waals surface area contributed by atoms with E-state index in [0.29, 0.717) is 0 Å². The number of para-hydroxylation sites is 1. The van der Waals surface area contributed by atoms with E-state index < -0.39 is 0 Å². The molecule has 0 aromatic heterocycles. The molecule has 0 bridgehead atoms. The van der Waals surface area contributed by atoms with E-state index in [2.05, 4.69) is 0 Å². The highest BCUT2D eigenvalue weighted by Gasteiger charge is 2.10. The molecule has 13 heavy (non-hydrogen) atoms. The van der Waals surface area contributed by atoms with E-state index in [1.165, 1.54) is 0 Å². The molecule has 3 heteroatoms. The second-order valence-corrected chi connectivity index (χ2v) is 3.43. The lowest BCUT2D eigenvalue weighted by molar-refractivity contribution is 0.369. The summed E-state index contributed by atoms with van der Waals surface area (Å²) in [6.07, 6.45) is 0. The number of hydrogen-bond acceptors (Lipinski definition) is 3. The fourth-order valence-corrected chi connectivity index (χ4v) is 1.29. The normalized spacial score (nSPS) is 13.2. The number of nitrogens with zero attached hydrogens (tertiary/aromatic N) is 1. The van der Waals surface area contributed by atoms with E-state index in [1.807, 2.05) is 31.1 Å². The fourth-order valence-electron chi connectivity index (χ4n) is 1.29. The van der Waals surface area contributed by atoms with Crippen LogP contribution in [-0.4, -0.2) is 30.6 Å². The maximum Gasteiger partial charge on any atom is 0.120 e. The first-order valence-corrected chi connectivity index (χ1v) is 4.29. The second kappa shape index (κ2) is 4.25. The summed E-state index contributed by atoms with van der Waals surface area (Å²) in [4.78, 5) is 2.00. The second-order valence-electron chi connectivity index (χ2n) is 3.43. The predicted molar refractivity (Wildman–Crippen MR) is 53.6 cm³/mol. The standard InChI is InChI=1S/C10H16N2O/c1-12(2)7-9(11)8-5-3-4-6-10(8)13/h3-6,9,13H,7,11H2,1-2H3. The predicted octanol–water partition coefficient (Wildman–Crippen LogP) is 0.954. The van der Waals surface area contributed by atoms with Gasteiger partial charge in [0.05, 0.1) is 0 Å². The van der Waals surface area contributed by atoms with Crippen LogP contribution in [0.2, 0.25) is 0 Å². The van der Waals surface area contributed by atoms with Crippen molar-refractivity contribution in [1.29, 1.82) is 0 Å². The molecule has 0 amide bonds. The summed E-state index contributed by atoms with van der Waals surface area (Å²) in [5.74, 6) is 0.275. The number of nitrogens with two attached hydrogens (primary N) is 1. The summed E-state index contributed by atoms with van der Waals surface area (Å²) < 4.78 is 0. The van der Waals surface area contributed by atoms with Crippen molar-refractivity contribution in [3.05, 3.63) is 29.8 Å². The molecule has 3 nitrogen and oxygen atoms in total. The van der Waals surface area contributed by atoms with Gasteiger partial charge in [0.25, 0.3) is 0 Å². The third-order valence-electron chi connectivity index (χ3n) is 1.90. The minimum atomic E-state index is -0.129. The molecular formula is C10H16N2O. The molecule has 0 aliphatic carbocycles. The van der Waals surface area contributed by atoms with Crippen LogP contribution in [-0.2, 0) is 0 Å². The molecule has 1 aromatic carbocycles. The quantitative estimate of drug-likeness (QED) is 0.728. The van der Waals surface area contributed by atoms with Crippen molar-refractivity contribution in [3.8, 4) is 5.75 Å². The molecule has 0 heterocycles. The fraction of sp³-hybridized carbons (Fsp3) is 0.400. The molecule has 0 fully saturated rings. The van der Waals surface area contributed by atoms with Gasteiger partial charge >= 0.3 is 0 Å². The lowest BCUT2D eigenvalue weighted by Gasteiger charge is -2.17. The zero-order valence-electron chi connectivity index (χ0n) is 8.07. The van der Waals surface area contributed by atoms with E-state index in [0.717, 1.165) is 12.1 Å². The Morgan fingerprint density at radius 3 is 2.54 bits per heavy atom. The summed E-state index contributed by atoms with van der Waals surface area (Å²) in [7, 11) is 3.92. The zero-order chi connectivity index (χ0) is 9.84. The number of phenolic OH excluding ortho intramolecular Hbond substituents is 1. The Balaban J connectivity index is 2.76. The summed E-state index contributed by atoms with van der Waals surface area (Å²) in [5.41, 5.74) is 6.70. The first-order valence-electron chi connectivity index (χ1n) is 4.29. The molecule has 0 spiro atoms. The Bertz CT molecular complexity index is 273. The van der Waals surface area contributed by atoms with Crippen LogP contribution in [0.15, 0.2) is 24.3 Å². The molecule has 72 valence electrons. The first-order chi connectivity index (χ1) is 6.11. The number of hydrogen-bond donors (Lipinski definition) is 2. The van der Waals surface area contributed by atoms with E-state index in [-0.39, 0.29) is 11.8 Å². The van der Waals surface area contributed by atoms with Gasteiger partial charge in [-0.25, -0.2) is 0 Å². The van der Waals surface area contributed by atoms with Crippen molar-refractivity contribution in [3.63, 3.8) is 0 Å². The Hall–Kier alpha value is -1.06. The van der Waals surface area contributed by atoms with Crippen molar-refractivity contribution >= 4 is 0 Å². The third-order valence-corrected chi connectivity index (χ3v) is 1.90. The van der Waals surface area contributed by atoms with E-state index in [4.69, 9.17) is 5.73 Å². The molecule has 1 rings (SSSR count). The lowest BCUT2D eigenvalue weighted by Crippen LogP contribution is -2.25. The van der Waals surface area contributed by atoms with Crippen molar-refractivity contribution in [2.45, 2.75) is 6.04 Å². The highest BCUT2D eigenvalue weighted by atomic mass is 16.3. The highest BCUT2D eigenvalue weighted by molar-refractivity contribution is 5.34. The number of phenols is 1. The number of aromatic hydroxyl groups is 1. The van der Waals surface area contributed by atoms with Crippen molar-refractivity contribution in [2.24, 2.45) is 5.73 Å². The van der Waals surface area contributed by atoms with E-state index in [1.54, 1.807) is 12.1 Å². The third kappa shape index (κ3) is 2.72. The van der Waals surface area contributed by atoms with Gasteiger partial charge in [-0.1, -0.05) is 18.2 Å². The molecule has 0 saturated heterocycles. The molecule has 0 radical (unpaired) electrons. The minimum Gasteiger partial charge on any atom is -0.508 e. The molecule has 3 N–H and O–H groups in total. The van der Waals surface area contributed by atoms with Gasteiger partial charge in [0.2, 0.25) is 0 Å². The van der Waals surface area contributed by atoms with Gasteiger partial charge in [-0.2, -0.15) is 0 Å². The molecule has 1 atom stereocenters. The van der Waals surface area contributed by atoms with Crippen molar-refractivity contribution < 1.29 is 5.11 Å². The smallest absolute Gasteiger partial charge is 0.120 e. The largest absolute Gasteiger partial charge is 0.508 e. The van der Waals surface area contributed by atoms with Gasteiger partial charge < -0.3 is 15.7 Å². The Kier molecular flexibility index (Phi) is 3.28. The van der Waals surface area contributed by atoms with Gasteiger partial charge in [-0.15, -0.1) is 0 Å². The van der Waals surface area contributed by atoms with Crippen LogP contribution in [0.5, 0.6) is 5.75 Å². The number of likely N-dealkylation sites (N-methyl/N-ethyl adjacent to an activating group) is 1. The molecule has 1 aromatic rings. The van der Waals surface area contributed by atoms with Crippen LogP contribution in [0.3, 0.4) is 0 Å². The van der Waals surface area contributed by atoms with Crippen LogP contribution >= 0.6 is 0 Å². The average molecular weight is 180 g/mol. The average Bonchev–Trinajstić information content (AvgIpc) is 2.03. The molecule has 0 aliphatic heterocycles. The van der Waals surface area contributed by atoms with Gasteiger partial charge in [0, 0.05) is 18.2 Å². The highest BCUT2D eigenvalue weighted by Crippen LogP contribution is 2.21. The molecular weight excluding hydrogens is 164 g/mol. The van der Waals surface area contributed by atoms with Crippen molar-refractivity contribution in [1.82, 2.24) is 4.90 Å². The first kappa shape index (κ1) is 10.0. The summed E-state index contributed by atoms with van der Waals surface area (Å²) >= 11 is 0. The summed E-state index contributed by atoms with van der Waals surface area (Å²) in [5, 5.41) is 9.50. The Morgan fingerprint density at radius 2 is 2.00 bits per heavy atom. The minimum absolute atomic E-state index is 0.129. The van der Waals surface area contributed by atoms with Gasteiger partial charge in [0.1, 0.15) is 5.75 Å². The van der Waals surface area contributed by atoms with Gasteiger partial charge in [-0.3, -0.25) is 0 Å². The maximum absolute atomic E-state index is 9.50. The molecule has 0 saturated carbocycles. The lowest BCUT2D eigenvalue weighted by atomic mass is 10.1. The van der Waals surface area contributed by atoms with Crippen LogP contribution in [0.25, 0.3) is 0 Å². The van der Waals surface area contributed by atoms with Crippen molar-refractivity contribution in [2.75, 3.05) is 20.6 Å². The summed E-state index contributed by atoms with van der Waals surface area (Å²) in [6, 6.07) is 7.05. The molecule has 1 unspecified atom stereocenters. The van der Waals surface area contributed by atoms with E-state index in [9.17, 15) is 5.11 Å². The topological polar surface area (TPSA) is 49.5 Å².